The van der Waals surface area contributed by atoms with E-state index in [1.807, 2.05) is 68.5 Å². The van der Waals surface area contributed by atoms with Crippen LogP contribution < -0.4 is 5.32 Å². The van der Waals surface area contributed by atoms with E-state index in [-0.39, 0.29) is 11.8 Å². The minimum Gasteiger partial charge on any atom is -0.326 e. The number of benzene rings is 2. The summed E-state index contributed by atoms with van der Waals surface area (Å²) in [6.45, 7) is 4.41. The highest BCUT2D eigenvalue weighted by molar-refractivity contribution is 8.26. The molecule has 2 aromatic carbocycles. The second kappa shape index (κ2) is 9.17. The van der Waals surface area contributed by atoms with Gasteiger partial charge in [0.05, 0.1) is 4.91 Å². The second-order valence-electron chi connectivity index (χ2n) is 6.66. The molecule has 1 aliphatic heterocycles. The number of thiocarbonyl (C=S) groups is 1. The Balaban J connectivity index is 1.56. The Hall–Kier alpha value is -2.44. The van der Waals surface area contributed by atoms with Gasteiger partial charge in [-0.25, -0.2) is 0 Å². The van der Waals surface area contributed by atoms with Gasteiger partial charge < -0.3 is 5.32 Å². The molecule has 0 spiro atoms. The van der Waals surface area contributed by atoms with E-state index in [4.69, 9.17) is 12.2 Å². The average molecular weight is 411 g/mol. The normalized spacial score (nSPS) is 15.4. The molecule has 6 heteroatoms. The average Bonchev–Trinajstić information content (AvgIpc) is 2.93. The predicted molar refractivity (Wildman–Crippen MR) is 120 cm³/mol. The third-order valence-corrected chi connectivity index (χ3v) is 5.93. The van der Waals surface area contributed by atoms with E-state index in [1.54, 1.807) is 4.90 Å². The first-order valence-electron chi connectivity index (χ1n) is 9.12. The number of carbonyl (C=O) groups is 2. The van der Waals surface area contributed by atoms with Crippen LogP contribution in [0.5, 0.6) is 0 Å². The molecule has 1 heterocycles. The van der Waals surface area contributed by atoms with Crippen molar-refractivity contribution in [3.05, 3.63) is 70.1 Å². The summed E-state index contributed by atoms with van der Waals surface area (Å²) in [5, 5.41) is 2.91. The van der Waals surface area contributed by atoms with Crippen LogP contribution in [-0.4, -0.2) is 27.6 Å². The summed E-state index contributed by atoms with van der Waals surface area (Å²) in [4.78, 5) is 27.1. The number of aryl methyl sites for hydroxylation is 2. The molecule has 0 unspecified atom stereocenters. The molecular formula is C22H22N2O2S2. The maximum absolute atomic E-state index is 12.7. The minimum absolute atomic E-state index is 0.0600. The molecule has 0 bridgehead atoms. The molecule has 1 saturated heterocycles. The van der Waals surface area contributed by atoms with Gasteiger partial charge in [-0.2, -0.15) is 0 Å². The van der Waals surface area contributed by atoms with Crippen molar-refractivity contribution in [2.24, 2.45) is 0 Å². The SMILES string of the molecule is Cc1ccccc1/C=C1\SC(=S)N(CCCC(=O)Nc2ccccc2C)C1=O. The molecule has 1 N–H and O–H groups in total. The standard InChI is InChI=1S/C22H22N2O2S2/c1-15-8-3-5-10-17(15)14-19-21(26)24(22(27)28-19)13-7-12-20(25)23-18-11-6-4-9-16(18)2/h3-6,8-11,14H,7,12-13H2,1-2H3,(H,23,25)/b19-14-. The van der Waals surface area contributed by atoms with E-state index in [0.717, 1.165) is 22.4 Å². The van der Waals surface area contributed by atoms with Gasteiger partial charge in [0.15, 0.2) is 0 Å². The second-order valence-corrected chi connectivity index (χ2v) is 8.33. The Morgan fingerprint density at radius 2 is 1.79 bits per heavy atom. The fourth-order valence-corrected chi connectivity index (χ4v) is 4.21. The van der Waals surface area contributed by atoms with Gasteiger partial charge in [0.25, 0.3) is 5.91 Å². The monoisotopic (exact) mass is 410 g/mol. The number of para-hydroxylation sites is 1. The molecule has 144 valence electrons. The summed E-state index contributed by atoms with van der Waals surface area (Å²) < 4.78 is 0.546. The van der Waals surface area contributed by atoms with Gasteiger partial charge in [0.2, 0.25) is 5.91 Å². The van der Waals surface area contributed by atoms with E-state index in [1.165, 1.54) is 11.8 Å². The molecule has 4 nitrogen and oxygen atoms in total. The van der Waals surface area contributed by atoms with E-state index in [9.17, 15) is 9.59 Å². The molecule has 2 aromatic rings. The summed E-state index contributed by atoms with van der Waals surface area (Å²) in [5.41, 5.74) is 3.97. The Labute approximate surface area is 175 Å². The first-order valence-corrected chi connectivity index (χ1v) is 10.3. The number of amides is 2. The Morgan fingerprint density at radius 1 is 1.11 bits per heavy atom. The van der Waals surface area contributed by atoms with Crippen molar-refractivity contribution in [2.45, 2.75) is 26.7 Å². The lowest BCUT2D eigenvalue weighted by Crippen LogP contribution is -2.29. The van der Waals surface area contributed by atoms with E-state index in [2.05, 4.69) is 5.32 Å². The van der Waals surface area contributed by atoms with Crippen LogP contribution in [0.4, 0.5) is 5.69 Å². The summed E-state index contributed by atoms with van der Waals surface area (Å²) in [6.07, 6.45) is 2.78. The molecule has 28 heavy (non-hydrogen) atoms. The van der Waals surface area contributed by atoms with E-state index >= 15 is 0 Å². The first kappa shape index (κ1) is 20.3. The molecule has 3 rings (SSSR count). The molecule has 0 saturated carbocycles. The molecule has 0 aromatic heterocycles. The molecule has 0 atom stereocenters. The van der Waals surface area contributed by atoms with Gasteiger partial charge in [0, 0.05) is 18.7 Å². The Morgan fingerprint density at radius 3 is 2.50 bits per heavy atom. The predicted octanol–water partition coefficient (Wildman–Crippen LogP) is 4.92. The molecule has 1 aliphatic rings. The lowest BCUT2D eigenvalue weighted by Gasteiger charge is -2.14. The van der Waals surface area contributed by atoms with Gasteiger partial charge in [-0.05, 0) is 49.1 Å². The fourth-order valence-electron chi connectivity index (χ4n) is 2.91. The zero-order chi connectivity index (χ0) is 20.1. The van der Waals surface area contributed by atoms with Crippen LogP contribution in [0.1, 0.15) is 29.5 Å². The highest BCUT2D eigenvalue weighted by Gasteiger charge is 2.31. The zero-order valence-corrected chi connectivity index (χ0v) is 17.5. The molecular weight excluding hydrogens is 388 g/mol. The van der Waals surface area contributed by atoms with Crippen molar-refractivity contribution in [1.82, 2.24) is 4.90 Å². The summed E-state index contributed by atoms with van der Waals surface area (Å²) in [7, 11) is 0. The lowest BCUT2D eigenvalue weighted by molar-refractivity contribution is -0.122. The number of hydrogen-bond acceptors (Lipinski definition) is 4. The number of rotatable bonds is 6. The maximum Gasteiger partial charge on any atom is 0.266 e. The third kappa shape index (κ3) is 4.88. The number of nitrogens with one attached hydrogen (secondary N) is 1. The smallest absolute Gasteiger partial charge is 0.266 e. The molecule has 0 radical (unpaired) electrons. The topological polar surface area (TPSA) is 49.4 Å². The van der Waals surface area contributed by atoms with Crippen molar-refractivity contribution in [2.75, 3.05) is 11.9 Å². The molecule has 0 aliphatic carbocycles. The Kier molecular flexibility index (Phi) is 6.65. The third-order valence-electron chi connectivity index (χ3n) is 4.55. The maximum atomic E-state index is 12.7. The zero-order valence-electron chi connectivity index (χ0n) is 15.9. The first-order chi connectivity index (χ1) is 13.5. The number of carbonyl (C=O) groups excluding carboxylic acids is 2. The van der Waals surface area contributed by atoms with E-state index < -0.39 is 0 Å². The van der Waals surface area contributed by atoms with Crippen molar-refractivity contribution < 1.29 is 9.59 Å². The summed E-state index contributed by atoms with van der Waals surface area (Å²) in [6, 6.07) is 15.6. The fraction of sp³-hybridized carbons (Fsp3) is 0.227. The highest BCUT2D eigenvalue weighted by Crippen LogP contribution is 2.33. The van der Waals surface area contributed by atoms with Crippen molar-refractivity contribution in [3.8, 4) is 0 Å². The van der Waals surface area contributed by atoms with Gasteiger partial charge in [-0.15, -0.1) is 0 Å². The Bertz CT molecular complexity index is 953. The van der Waals surface area contributed by atoms with Crippen molar-refractivity contribution >= 4 is 51.9 Å². The van der Waals surface area contributed by atoms with Crippen LogP contribution in [-0.2, 0) is 9.59 Å². The quantitative estimate of drug-likeness (QED) is 0.542. The van der Waals surface area contributed by atoms with Gasteiger partial charge in [0.1, 0.15) is 4.32 Å². The van der Waals surface area contributed by atoms with Gasteiger partial charge >= 0.3 is 0 Å². The van der Waals surface area contributed by atoms with Crippen LogP contribution in [0.2, 0.25) is 0 Å². The number of nitrogens with zero attached hydrogens (tertiary/aromatic N) is 1. The summed E-state index contributed by atoms with van der Waals surface area (Å²) >= 11 is 6.69. The lowest BCUT2D eigenvalue weighted by atomic mass is 10.1. The number of hydrogen-bond donors (Lipinski definition) is 1. The summed E-state index contributed by atoms with van der Waals surface area (Å²) in [5.74, 6) is -0.146. The van der Waals surface area contributed by atoms with Crippen LogP contribution in [0.15, 0.2) is 53.4 Å². The van der Waals surface area contributed by atoms with Crippen LogP contribution in [0, 0.1) is 13.8 Å². The highest BCUT2D eigenvalue weighted by atomic mass is 32.2. The molecule has 1 fully saturated rings. The van der Waals surface area contributed by atoms with Crippen LogP contribution >= 0.6 is 24.0 Å². The minimum atomic E-state index is -0.0856. The van der Waals surface area contributed by atoms with E-state index in [0.29, 0.717) is 28.6 Å². The van der Waals surface area contributed by atoms with Gasteiger partial charge in [-0.1, -0.05) is 66.4 Å². The van der Waals surface area contributed by atoms with Crippen LogP contribution in [0.25, 0.3) is 6.08 Å². The van der Waals surface area contributed by atoms with Crippen molar-refractivity contribution in [1.29, 1.82) is 0 Å². The molecule has 2 amide bonds. The van der Waals surface area contributed by atoms with Gasteiger partial charge in [-0.3, -0.25) is 14.5 Å². The van der Waals surface area contributed by atoms with Crippen LogP contribution in [0.3, 0.4) is 0 Å². The number of thioether (sulfide) groups is 1. The number of anilines is 1. The largest absolute Gasteiger partial charge is 0.326 e. The van der Waals surface area contributed by atoms with Crippen molar-refractivity contribution in [3.63, 3.8) is 0 Å².